The van der Waals surface area contributed by atoms with Crippen LogP contribution in [0.5, 0.6) is 11.5 Å². The van der Waals surface area contributed by atoms with Crippen molar-refractivity contribution in [2.45, 2.75) is 75.0 Å². The van der Waals surface area contributed by atoms with Crippen LogP contribution in [0.25, 0.3) is 0 Å². The maximum atomic E-state index is 11.1. The van der Waals surface area contributed by atoms with Crippen LogP contribution in [0.1, 0.15) is 37.7 Å². The molecule has 3 fully saturated rings. The number of benzene rings is 1. The first-order chi connectivity index (χ1) is 18.2. The average Bonchev–Trinajstić information content (AvgIpc) is 2.91. The van der Waals surface area contributed by atoms with Gasteiger partial charge in [-0.2, -0.15) is 0 Å². The molecule has 38 heavy (non-hydrogen) atoms. The number of methoxy groups -OCH3 is 2. The molecule has 1 saturated heterocycles. The molecule has 11 nitrogen and oxygen atoms in total. The van der Waals surface area contributed by atoms with Crippen LogP contribution >= 0.6 is 0 Å². The Hall–Kier alpha value is -1.99. The molecule has 2 saturated carbocycles. The van der Waals surface area contributed by atoms with Gasteiger partial charge in [-0.25, -0.2) is 0 Å². The second-order valence-electron chi connectivity index (χ2n) is 10.8. The van der Waals surface area contributed by atoms with E-state index in [1.807, 2.05) is 6.07 Å². The van der Waals surface area contributed by atoms with E-state index in [2.05, 4.69) is 0 Å². The van der Waals surface area contributed by atoms with Crippen LogP contribution in [0.4, 0.5) is 0 Å². The standard InChI is InChI=1S/C27H40O11/c1-13-24(31)25(32)26(33)27(38-13)37-11-18-16(10-36-12-28)6-15-8-22(35-3)20(30)9-17(15)23(18)14-4-5-19(29)21(7-14)34-2/h4-5,7,12-13,15-18,20,22-27,29-33H,6,8-11H2,1-3H3/t13-,15?,16+,17?,18+,20?,22?,23+,24-,25+,26+,27-/m1/s1. The first-order valence-electron chi connectivity index (χ1n) is 13.1. The van der Waals surface area contributed by atoms with Crippen LogP contribution < -0.4 is 4.74 Å². The highest BCUT2D eigenvalue weighted by molar-refractivity contribution is 5.43. The molecule has 0 amide bonds. The van der Waals surface area contributed by atoms with E-state index in [1.54, 1.807) is 26.2 Å². The van der Waals surface area contributed by atoms with Gasteiger partial charge in [0.1, 0.15) is 18.3 Å². The number of ether oxygens (including phenoxy) is 5. The number of phenolic OH excluding ortho intramolecular Hbond substituents is 1. The Kier molecular flexibility index (Phi) is 9.51. The van der Waals surface area contributed by atoms with Gasteiger partial charge in [-0.15, -0.1) is 0 Å². The van der Waals surface area contributed by atoms with Gasteiger partial charge in [0.25, 0.3) is 6.47 Å². The normalized spacial score (nSPS) is 41.2. The molecule has 12 atom stereocenters. The van der Waals surface area contributed by atoms with Crippen molar-refractivity contribution in [2.24, 2.45) is 23.7 Å². The molecule has 0 bridgehead atoms. The Labute approximate surface area is 222 Å². The Morgan fingerprint density at radius 2 is 1.79 bits per heavy atom. The minimum Gasteiger partial charge on any atom is -0.504 e. The summed E-state index contributed by atoms with van der Waals surface area (Å²) >= 11 is 0. The summed E-state index contributed by atoms with van der Waals surface area (Å²) in [6, 6.07) is 5.16. The smallest absolute Gasteiger partial charge is 0.293 e. The van der Waals surface area contributed by atoms with Crippen molar-refractivity contribution in [3.63, 3.8) is 0 Å². The molecule has 0 radical (unpaired) electrons. The number of rotatable bonds is 9. The maximum Gasteiger partial charge on any atom is 0.293 e. The van der Waals surface area contributed by atoms with Gasteiger partial charge < -0.3 is 49.2 Å². The van der Waals surface area contributed by atoms with Gasteiger partial charge in [0.05, 0.1) is 38.6 Å². The lowest BCUT2D eigenvalue weighted by molar-refractivity contribution is -0.297. The Morgan fingerprint density at radius 1 is 1.03 bits per heavy atom. The van der Waals surface area contributed by atoms with Crippen LogP contribution in [-0.4, -0.2) is 102 Å². The molecule has 4 unspecified atom stereocenters. The van der Waals surface area contributed by atoms with Gasteiger partial charge in [0.15, 0.2) is 17.8 Å². The molecule has 11 heteroatoms. The fourth-order valence-corrected chi connectivity index (χ4v) is 6.74. The summed E-state index contributed by atoms with van der Waals surface area (Å²) in [6.45, 7) is 2.24. The van der Waals surface area contributed by atoms with Crippen molar-refractivity contribution in [3.05, 3.63) is 23.8 Å². The zero-order chi connectivity index (χ0) is 27.6. The number of fused-ring (bicyclic) bond motifs is 1. The fraction of sp³-hybridized carbons (Fsp3) is 0.741. The van der Waals surface area contributed by atoms with E-state index in [4.69, 9.17) is 23.7 Å². The number of hydrogen-bond donors (Lipinski definition) is 5. The zero-order valence-corrected chi connectivity index (χ0v) is 22.0. The summed E-state index contributed by atoms with van der Waals surface area (Å²) in [5.74, 6) is -0.0636. The molecule has 0 aromatic heterocycles. The molecular formula is C27H40O11. The van der Waals surface area contributed by atoms with E-state index in [1.165, 1.54) is 7.11 Å². The predicted octanol–water partition coefficient (Wildman–Crippen LogP) is 0.540. The van der Waals surface area contributed by atoms with Crippen LogP contribution in [-0.2, 0) is 23.7 Å². The molecule has 214 valence electrons. The SMILES string of the molecule is COc1cc([C@H]2C3CC(O)C(OC)CC3C[C@@H](COC=O)[C@@H]2CO[C@@H]2O[C@H](C)[C@@H](O)[C@H](O)[C@@H]2O)ccc1O. The Morgan fingerprint density at radius 3 is 2.47 bits per heavy atom. The number of carbonyl (C=O) groups excluding carboxylic acids is 1. The summed E-state index contributed by atoms with van der Waals surface area (Å²) in [5, 5.41) is 51.9. The van der Waals surface area contributed by atoms with Crippen molar-refractivity contribution >= 4 is 6.47 Å². The fourth-order valence-electron chi connectivity index (χ4n) is 6.74. The molecule has 1 aromatic rings. The third kappa shape index (κ3) is 5.79. The lowest BCUT2D eigenvalue weighted by Gasteiger charge is -2.52. The third-order valence-electron chi connectivity index (χ3n) is 8.75. The number of aliphatic hydroxyl groups excluding tert-OH is 4. The van der Waals surface area contributed by atoms with Gasteiger partial charge >= 0.3 is 0 Å². The Balaban J connectivity index is 1.68. The third-order valence-corrected chi connectivity index (χ3v) is 8.75. The first-order valence-corrected chi connectivity index (χ1v) is 13.1. The van der Waals surface area contributed by atoms with Gasteiger partial charge in [0.2, 0.25) is 0 Å². The topological polar surface area (TPSA) is 164 Å². The zero-order valence-electron chi connectivity index (χ0n) is 22.0. The number of aliphatic hydroxyl groups is 4. The maximum absolute atomic E-state index is 11.1. The van der Waals surface area contributed by atoms with E-state index in [9.17, 15) is 30.3 Å². The first kappa shape index (κ1) is 29.0. The van der Waals surface area contributed by atoms with E-state index in [0.717, 1.165) is 5.56 Å². The lowest BCUT2D eigenvalue weighted by Crippen LogP contribution is -2.58. The largest absolute Gasteiger partial charge is 0.504 e. The van der Waals surface area contributed by atoms with Gasteiger partial charge in [-0.1, -0.05) is 6.07 Å². The van der Waals surface area contributed by atoms with Crippen molar-refractivity contribution in [1.82, 2.24) is 0 Å². The van der Waals surface area contributed by atoms with Crippen LogP contribution in [0.3, 0.4) is 0 Å². The van der Waals surface area contributed by atoms with Crippen LogP contribution in [0.2, 0.25) is 0 Å². The molecule has 2 aliphatic carbocycles. The summed E-state index contributed by atoms with van der Waals surface area (Å²) in [7, 11) is 3.06. The van der Waals surface area contributed by atoms with Crippen molar-refractivity contribution < 1.29 is 54.0 Å². The molecule has 0 spiro atoms. The molecular weight excluding hydrogens is 500 g/mol. The van der Waals surface area contributed by atoms with Crippen molar-refractivity contribution in [2.75, 3.05) is 27.4 Å². The molecule has 3 aliphatic rings. The van der Waals surface area contributed by atoms with E-state index in [0.29, 0.717) is 31.5 Å². The van der Waals surface area contributed by atoms with Crippen molar-refractivity contribution in [1.29, 1.82) is 0 Å². The predicted molar refractivity (Wildman–Crippen MR) is 132 cm³/mol. The molecule has 1 aliphatic heterocycles. The minimum absolute atomic E-state index is 0.000587. The molecule has 1 heterocycles. The minimum atomic E-state index is -1.45. The summed E-state index contributed by atoms with van der Waals surface area (Å²) in [4.78, 5) is 11.1. The lowest BCUT2D eigenvalue weighted by atomic mass is 9.55. The van der Waals surface area contributed by atoms with Crippen LogP contribution in [0, 0.1) is 23.7 Å². The number of phenols is 1. The number of aromatic hydroxyl groups is 1. The van der Waals surface area contributed by atoms with Gasteiger partial charge in [-0.05, 0) is 73.5 Å². The molecule has 1 aromatic carbocycles. The van der Waals surface area contributed by atoms with Gasteiger partial charge in [-0.3, -0.25) is 4.79 Å². The summed E-state index contributed by atoms with van der Waals surface area (Å²) in [6.07, 6.45) is -5.16. The van der Waals surface area contributed by atoms with E-state index in [-0.39, 0.29) is 54.7 Å². The molecule has 4 rings (SSSR count). The quantitative estimate of drug-likeness (QED) is 0.278. The highest BCUT2D eigenvalue weighted by Gasteiger charge is 2.51. The second-order valence-corrected chi connectivity index (χ2v) is 10.8. The highest BCUT2D eigenvalue weighted by atomic mass is 16.7. The summed E-state index contributed by atoms with van der Waals surface area (Å²) < 4.78 is 27.9. The van der Waals surface area contributed by atoms with Gasteiger partial charge in [0, 0.05) is 7.11 Å². The monoisotopic (exact) mass is 540 g/mol. The average molecular weight is 541 g/mol. The Bertz CT molecular complexity index is 928. The second kappa shape index (κ2) is 12.5. The van der Waals surface area contributed by atoms with Crippen LogP contribution in [0.15, 0.2) is 18.2 Å². The van der Waals surface area contributed by atoms with E-state index >= 15 is 0 Å². The summed E-state index contributed by atoms with van der Waals surface area (Å²) in [5.41, 5.74) is 0.871. The number of carbonyl (C=O) groups is 1. The van der Waals surface area contributed by atoms with Crippen molar-refractivity contribution in [3.8, 4) is 11.5 Å². The number of hydrogen-bond acceptors (Lipinski definition) is 11. The highest BCUT2D eigenvalue weighted by Crippen LogP contribution is 2.54. The van der Waals surface area contributed by atoms with E-state index < -0.39 is 36.8 Å². The molecule has 5 N–H and O–H groups in total.